The van der Waals surface area contributed by atoms with Gasteiger partial charge in [0.2, 0.25) is 35.4 Å². The van der Waals surface area contributed by atoms with E-state index in [1.54, 1.807) is 20.8 Å². The first-order chi connectivity index (χ1) is 39.6. The number of carbonyl (C=O) groups excluding carboxylic acids is 6. The molecule has 0 aromatic rings. The standard InChI is InChI=1S/C55H101N7O21/c1-33(2)62-55(20-14-42(68)59-24-11-26-61-45(71)17-29-80-54-36(5)48(74)51(77)39(32-65)83-54,19-13-41(67)56-21-8-9-22-57-43(69)15-27-78-52-34(3)46(72)49(75)37(30-63)81-52)18-7-6-12-40(66)58-23-10-25-60-44(70)16-28-79-53-35(4)47(73)50(76)38(31-64)82-53/h33-39,46-54,62-65,72-77H,6-32H2,1-5H3,(H,56,67)(H,57,69)(H,58,66)(H,59,68)(H,60,70)(H,61,71). The van der Waals surface area contributed by atoms with Crippen LogP contribution in [0.15, 0.2) is 0 Å². The van der Waals surface area contributed by atoms with Gasteiger partial charge in [0.05, 0.1) is 77.2 Å². The largest absolute Gasteiger partial charge is 0.394 e. The topological polar surface area (TPSA) is 424 Å². The van der Waals surface area contributed by atoms with Crippen molar-refractivity contribution in [2.45, 2.75) is 216 Å². The number of amides is 6. The second-order valence-corrected chi connectivity index (χ2v) is 22.4. The Hall–Kier alpha value is -3.82. The fourth-order valence-electron chi connectivity index (χ4n) is 10.0. The number of unbranched alkanes of at least 4 members (excludes halogenated alkanes) is 2. The molecule has 0 aliphatic carbocycles. The van der Waals surface area contributed by atoms with Crippen molar-refractivity contribution in [1.82, 2.24) is 37.2 Å². The summed E-state index contributed by atoms with van der Waals surface area (Å²) in [5, 5.41) is 110. The smallest absolute Gasteiger partial charge is 0.222 e. The fraction of sp³-hybridized carbons (Fsp3) is 0.891. The predicted molar refractivity (Wildman–Crippen MR) is 297 cm³/mol. The van der Waals surface area contributed by atoms with Crippen LogP contribution in [0.3, 0.4) is 0 Å². The lowest BCUT2D eigenvalue weighted by atomic mass is 9.82. The second kappa shape index (κ2) is 39.8. The van der Waals surface area contributed by atoms with Gasteiger partial charge in [-0.25, -0.2) is 0 Å². The van der Waals surface area contributed by atoms with Gasteiger partial charge in [-0.3, -0.25) is 28.8 Å². The Morgan fingerprint density at radius 3 is 0.988 bits per heavy atom. The molecule has 16 unspecified atom stereocenters. The van der Waals surface area contributed by atoms with Gasteiger partial charge in [0.1, 0.15) is 36.6 Å². The van der Waals surface area contributed by atoms with Gasteiger partial charge in [0.25, 0.3) is 0 Å². The van der Waals surface area contributed by atoms with Crippen LogP contribution in [-0.2, 0) is 57.2 Å². The molecule has 0 spiro atoms. The summed E-state index contributed by atoms with van der Waals surface area (Å²) in [6.45, 7) is 9.24. The number of hydrogen-bond acceptors (Lipinski definition) is 22. The zero-order valence-corrected chi connectivity index (χ0v) is 49.3. The van der Waals surface area contributed by atoms with Crippen molar-refractivity contribution in [2.24, 2.45) is 17.8 Å². The molecular formula is C55H101N7O21. The third-order valence-electron chi connectivity index (χ3n) is 15.2. The Morgan fingerprint density at radius 1 is 0.398 bits per heavy atom. The average molecular weight is 1200 g/mol. The number of rotatable bonds is 41. The fourth-order valence-corrected chi connectivity index (χ4v) is 10.0. The predicted octanol–water partition coefficient (Wildman–Crippen LogP) is -3.45. The second-order valence-electron chi connectivity index (χ2n) is 22.4. The van der Waals surface area contributed by atoms with Gasteiger partial charge in [-0.15, -0.1) is 0 Å². The maximum atomic E-state index is 13.3. The van der Waals surface area contributed by atoms with Gasteiger partial charge in [-0.2, -0.15) is 0 Å². The molecule has 28 nitrogen and oxygen atoms in total. The first-order valence-corrected chi connectivity index (χ1v) is 29.7. The van der Waals surface area contributed by atoms with Crippen molar-refractivity contribution < 1.29 is 103 Å². The van der Waals surface area contributed by atoms with Crippen LogP contribution in [0.5, 0.6) is 0 Å². The molecule has 482 valence electrons. The van der Waals surface area contributed by atoms with E-state index in [1.165, 1.54) is 0 Å². The lowest BCUT2D eigenvalue weighted by molar-refractivity contribution is -0.282. The maximum Gasteiger partial charge on any atom is 0.222 e. The minimum absolute atomic E-state index is 0.00248. The van der Waals surface area contributed by atoms with Gasteiger partial charge in [0.15, 0.2) is 18.9 Å². The number of aliphatic hydroxyl groups excluding tert-OH is 9. The van der Waals surface area contributed by atoms with E-state index in [4.69, 9.17) is 28.4 Å². The van der Waals surface area contributed by atoms with Crippen LogP contribution in [0, 0.1) is 17.8 Å². The summed E-state index contributed by atoms with van der Waals surface area (Å²) in [6, 6.07) is -0.0216. The van der Waals surface area contributed by atoms with E-state index in [-0.39, 0.29) is 113 Å². The van der Waals surface area contributed by atoms with Crippen LogP contribution in [0.4, 0.5) is 0 Å². The zero-order valence-electron chi connectivity index (χ0n) is 49.3. The van der Waals surface area contributed by atoms with Crippen LogP contribution in [-0.4, -0.2) is 246 Å². The molecule has 16 N–H and O–H groups in total. The van der Waals surface area contributed by atoms with Gasteiger partial charge in [0, 0.05) is 87.9 Å². The summed E-state index contributed by atoms with van der Waals surface area (Å²) in [6.07, 6.45) is -7.87. The molecule has 0 saturated carbocycles. The Labute approximate surface area is 487 Å². The quantitative estimate of drug-likeness (QED) is 0.0265. The molecule has 16 atom stereocenters. The highest BCUT2D eigenvalue weighted by molar-refractivity contribution is 5.78. The molecule has 0 aromatic heterocycles. The molecule has 0 aromatic carbocycles. The highest BCUT2D eigenvalue weighted by atomic mass is 16.7. The molecule has 3 saturated heterocycles. The van der Waals surface area contributed by atoms with Gasteiger partial charge < -0.3 is 112 Å². The van der Waals surface area contributed by atoms with Crippen LogP contribution in [0.25, 0.3) is 0 Å². The van der Waals surface area contributed by atoms with E-state index >= 15 is 0 Å². The highest BCUT2D eigenvalue weighted by Gasteiger charge is 2.45. The van der Waals surface area contributed by atoms with E-state index in [0.29, 0.717) is 84.0 Å². The summed E-state index contributed by atoms with van der Waals surface area (Å²) < 4.78 is 33.4. The van der Waals surface area contributed by atoms with Crippen molar-refractivity contribution in [3.8, 4) is 0 Å². The lowest BCUT2D eigenvalue weighted by Gasteiger charge is -2.40. The van der Waals surface area contributed by atoms with Gasteiger partial charge in [-0.1, -0.05) is 41.0 Å². The number of carbonyl (C=O) groups is 6. The molecule has 0 radical (unpaired) electrons. The first-order valence-electron chi connectivity index (χ1n) is 29.7. The van der Waals surface area contributed by atoms with Crippen molar-refractivity contribution in [1.29, 1.82) is 0 Å². The van der Waals surface area contributed by atoms with Crippen LogP contribution in [0.2, 0.25) is 0 Å². The van der Waals surface area contributed by atoms with E-state index in [1.807, 2.05) is 13.8 Å². The summed E-state index contributed by atoms with van der Waals surface area (Å²) >= 11 is 0. The van der Waals surface area contributed by atoms with Gasteiger partial charge in [-0.05, 0) is 51.4 Å². The molecule has 0 bridgehead atoms. The third kappa shape index (κ3) is 26.8. The summed E-state index contributed by atoms with van der Waals surface area (Å²) in [4.78, 5) is 76.7. The molecule has 3 heterocycles. The molecule has 3 rings (SSSR count). The normalized spacial score (nSPS) is 28.9. The zero-order chi connectivity index (χ0) is 61.5. The van der Waals surface area contributed by atoms with Crippen molar-refractivity contribution >= 4 is 35.4 Å². The van der Waals surface area contributed by atoms with E-state index in [2.05, 4.69) is 37.2 Å². The lowest BCUT2D eigenvalue weighted by Crippen LogP contribution is -2.55. The molecule has 3 aliphatic rings. The van der Waals surface area contributed by atoms with E-state index in [9.17, 15) is 74.7 Å². The molecule has 28 heteroatoms. The molecule has 6 amide bonds. The first kappa shape index (κ1) is 73.4. The number of hydrogen-bond donors (Lipinski definition) is 16. The van der Waals surface area contributed by atoms with Crippen LogP contribution < -0.4 is 37.2 Å². The average Bonchev–Trinajstić information content (AvgIpc) is 3.63. The Morgan fingerprint density at radius 2 is 0.687 bits per heavy atom. The minimum Gasteiger partial charge on any atom is -0.394 e. The Balaban J connectivity index is 1.42. The number of nitrogens with one attached hydrogen (secondary N) is 7. The monoisotopic (exact) mass is 1200 g/mol. The van der Waals surface area contributed by atoms with E-state index in [0.717, 1.165) is 0 Å². The van der Waals surface area contributed by atoms with Crippen molar-refractivity contribution in [3.63, 3.8) is 0 Å². The summed E-state index contributed by atoms with van der Waals surface area (Å²) in [7, 11) is 0. The Bertz CT molecular complexity index is 1890. The molecule has 3 fully saturated rings. The molecular weight excluding hydrogens is 1090 g/mol. The molecule has 3 aliphatic heterocycles. The minimum atomic E-state index is -1.26. The summed E-state index contributed by atoms with van der Waals surface area (Å²) in [5.74, 6) is -3.16. The SMILES string of the molecule is CC(C)NC(CCCCC(=O)NCCCNC(=O)CCOC1OC(CO)C(O)C(O)C1C)(CCC(=O)NCCCCNC(=O)CCOC1OC(CO)C(O)C(O)C1C)CCC(=O)NCCCNC(=O)CCOC1OC(CO)C(O)C(O)C1C. The maximum absolute atomic E-state index is 13.3. The van der Waals surface area contributed by atoms with Crippen molar-refractivity contribution in [2.75, 3.05) is 78.9 Å². The molecule has 83 heavy (non-hydrogen) atoms. The number of aliphatic hydroxyl groups is 9. The van der Waals surface area contributed by atoms with E-state index < -0.39 is 117 Å². The Kier molecular flexibility index (Phi) is 35.2. The third-order valence-corrected chi connectivity index (χ3v) is 15.2. The van der Waals surface area contributed by atoms with Crippen LogP contribution >= 0.6 is 0 Å². The van der Waals surface area contributed by atoms with Crippen molar-refractivity contribution in [3.05, 3.63) is 0 Å². The summed E-state index contributed by atoms with van der Waals surface area (Å²) in [5.41, 5.74) is -0.653. The number of ether oxygens (including phenoxy) is 6. The van der Waals surface area contributed by atoms with Crippen LogP contribution in [0.1, 0.15) is 131 Å². The van der Waals surface area contributed by atoms with Gasteiger partial charge >= 0.3 is 0 Å². The highest BCUT2D eigenvalue weighted by Crippen LogP contribution is 2.30.